The molecule has 2 aromatic carbocycles. The molecule has 1 aromatic heterocycles. The number of nitrogens with zero attached hydrogens (tertiary/aromatic N) is 3. The number of nitrogens with one attached hydrogen (secondary N) is 1. The zero-order valence-corrected chi connectivity index (χ0v) is 16.7. The summed E-state index contributed by atoms with van der Waals surface area (Å²) in [5.74, 6) is 0.447. The highest BCUT2D eigenvalue weighted by Gasteiger charge is 2.18. The van der Waals surface area contributed by atoms with Crippen LogP contribution in [-0.4, -0.2) is 42.0 Å². The lowest BCUT2D eigenvalue weighted by atomic mass is 10.1. The molecule has 1 N–H and O–H groups in total. The van der Waals surface area contributed by atoms with E-state index in [0.717, 1.165) is 44.0 Å². The lowest BCUT2D eigenvalue weighted by molar-refractivity contribution is 0.102. The molecule has 5 nitrogen and oxygen atoms in total. The molecule has 0 bridgehead atoms. The normalized spacial score (nSPS) is 14.6. The van der Waals surface area contributed by atoms with Crippen LogP contribution in [0.4, 0.5) is 11.5 Å². The molecule has 5 heteroatoms. The molecule has 3 aromatic rings. The fourth-order valence-electron chi connectivity index (χ4n) is 3.66. The number of aryl methyl sites for hydroxylation is 1. The molecule has 2 heterocycles. The van der Waals surface area contributed by atoms with E-state index in [0.29, 0.717) is 11.4 Å². The van der Waals surface area contributed by atoms with Crippen LogP contribution in [0, 0.1) is 6.92 Å². The molecule has 1 saturated heterocycles. The van der Waals surface area contributed by atoms with E-state index in [9.17, 15) is 4.79 Å². The molecule has 1 aliphatic rings. The van der Waals surface area contributed by atoms with Gasteiger partial charge in [-0.25, -0.2) is 4.98 Å². The molecule has 0 radical (unpaired) electrons. The molecule has 29 heavy (non-hydrogen) atoms. The maximum absolute atomic E-state index is 12.4. The maximum atomic E-state index is 12.4. The van der Waals surface area contributed by atoms with Gasteiger partial charge in [0, 0.05) is 38.3 Å². The number of amides is 1. The zero-order valence-electron chi connectivity index (χ0n) is 16.7. The molecular formula is C24H26N4O. The molecule has 0 atom stereocenters. The third-order valence-corrected chi connectivity index (χ3v) is 5.37. The number of anilines is 2. The van der Waals surface area contributed by atoms with E-state index in [2.05, 4.69) is 50.4 Å². The summed E-state index contributed by atoms with van der Waals surface area (Å²) in [5.41, 5.74) is 4.08. The third kappa shape index (κ3) is 4.81. The predicted molar refractivity (Wildman–Crippen MR) is 117 cm³/mol. The minimum absolute atomic E-state index is 0.127. The summed E-state index contributed by atoms with van der Waals surface area (Å²) in [6.45, 7) is 6.94. The number of hydrogen-bond donors (Lipinski definition) is 1. The summed E-state index contributed by atoms with van der Waals surface area (Å²) in [7, 11) is 0. The van der Waals surface area contributed by atoms with Crippen LogP contribution in [0.3, 0.4) is 0 Å². The molecule has 0 spiro atoms. The molecule has 0 unspecified atom stereocenters. The Morgan fingerprint density at radius 3 is 2.34 bits per heavy atom. The van der Waals surface area contributed by atoms with E-state index >= 15 is 0 Å². The second-order valence-corrected chi connectivity index (χ2v) is 7.42. The van der Waals surface area contributed by atoms with Crippen LogP contribution in [0.15, 0.2) is 72.9 Å². The van der Waals surface area contributed by atoms with Crippen molar-refractivity contribution in [3.8, 4) is 0 Å². The van der Waals surface area contributed by atoms with Gasteiger partial charge in [-0.2, -0.15) is 0 Å². The Balaban J connectivity index is 1.32. The summed E-state index contributed by atoms with van der Waals surface area (Å²) in [5, 5.41) is 2.89. The molecule has 1 fully saturated rings. The first-order valence-corrected chi connectivity index (χ1v) is 10.0. The zero-order chi connectivity index (χ0) is 20.1. The van der Waals surface area contributed by atoms with Crippen LogP contribution in [0.2, 0.25) is 0 Å². The smallest absolute Gasteiger partial charge is 0.257 e. The van der Waals surface area contributed by atoms with Crippen molar-refractivity contribution in [1.29, 1.82) is 0 Å². The Morgan fingerprint density at radius 1 is 0.931 bits per heavy atom. The van der Waals surface area contributed by atoms with Gasteiger partial charge < -0.3 is 10.2 Å². The number of piperazine rings is 1. The van der Waals surface area contributed by atoms with Crippen LogP contribution >= 0.6 is 0 Å². The van der Waals surface area contributed by atoms with E-state index in [1.54, 1.807) is 0 Å². The minimum atomic E-state index is -0.127. The van der Waals surface area contributed by atoms with E-state index in [-0.39, 0.29) is 5.91 Å². The number of rotatable bonds is 5. The fraction of sp³-hybridized carbons (Fsp3) is 0.250. The molecule has 148 valence electrons. The summed E-state index contributed by atoms with van der Waals surface area (Å²) in [6.07, 6.45) is 1.85. The van der Waals surface area contributed by atoms with Gasteiger partial charge in [-0.3, -0.25) is 9.69 Å². The minimum Gasteiger partial charge on any atom is -0.368 e. The Labute approximate surface area is 172 Å². The number of carbonyl (C=O) groups excluding carboxylic acids is 1. The van der Waals surface area contributed by atoms with Crippen LogP contribution < -0.4 is 10.2 Å². The van der Waals surface area contributed by atoms with Gasteiger partial charge in [0.25, 0.3) is 5.91 Å². The lowest BCUT2D eigenvalue weighted by Crippen LogP contribution is -2.46. The Kier molecular flexibility index (Phi) is 5.86. The van der Waals surface area contributed by atoms with Crippen molar-refractivity contribution in [3.05, 3.63) is 89.6 Å². The monoisotopic (exact) mass is 386 g/mol. The molecule has 0 aliphatic carbocycles. The Hall–Kier alpha value is -3.18. The van der Waals surface area contributed by atoms with E-state index in [1.807, 2.05) is 49.5 Å². The van der Waals surface area contributed by atoms with Crippen molar-refractivity contribution in [1.82, 2.24) is 9.88 Å². The Morgan fingerprint density at radius 2 is 1.66 bits per heavy atom. The molecule has 4 rings (SSSR count). The number of benzene rings is 2. The first kappa shape index (κ1) is 19.2. The van der Waals surface area contributed by atoms with Gasteiger partial charge >= 0.3 is 0 Å². The highest BCUT2D eigenvalue weighted by atomic mass is 16.1. The average Bonchev–Trinajstić information content (AvgIpc) is 2.76. The predicted octanol–water partition coefficient (Wildman–Crippen LogP) is 3.96. The van der Waals surface area contributed by atoms with Crippen molar-refractivity contribution in [2.24, 2.45) is 0 Å². The Bertz CT molecular complexity index is 948. The summed E-state index contributed by atoms with van der Waals surface area (Å²) >= 11 is 0. The lowest BCUT2D eigenvalue weighted by Gasteiger charge is -2.36. The second-order valence-electron chi connectivity index (χ2n) is 7.42. The van der Waals surface area contributed by atoms with Gasteiger partial charge in [-0.05, 0) is 36.2 Å². The number of pyridine rings is 1. The number of aromatic nitrogens is 1. The molecule has 1 aliphatic heterocycles. The summed E-state index contributed by atoms with van der Waals surface area (Å²) in [4.78, 5) is 21.7. The van der Waals surface area contributed by atoms with Crippen molar-refractivity contribution in [2.75, 3.05) is 36.4 Å². The van der Waals surface area contributed by atoms with Crippen molar-refractivity contribution in [2.45, 2.75) is 13.5 Å². The summed E-state index contributed by atoms with van der Waals surface area (Å²) in [6, 6.07) is 22.1. The van der Waals surface area contributed by atoms with Gasteiger partial charge in [0.1, 0.15) is 5.82 Å². The largest absolute Gasteiger partial charge is 0.368 e. The quantitative estimate of drug-likeness (QED) is 0.721. The van der Waals surface area contributed by atoms with E-state index < -0.39 is 0 Å². The van der Waals surface area contributed by atoms with Crippen molar-refractivity contribution in [3.63, 3.8) is 0 Å². The van der Waals surface area contributed by atoms with E-state index in [1.165, 1.54) is 5.56 Å². The van der Waals surface area contributed by atoms with Gasteiger partial charge in [-0.1, -0.05) is 48.5 Å². The number of carbonyl (C=O) groups is 1. The van der Waals surface area contributed by atoms with Crippen LogP contribution in [0.25, 0.3) is 0 Å². The molecule has 0 saturated carbocycles. The SMILES string of the molecule is Cc1ccccc1C(=O)Nc1ccc(N2CCN(Cc3ccccc3)CC2)cn1. The standard InChI is InChI=1S/C24H26N4O/c1-19-7-5-6-10-22(19)24(29)26-23-12-11-21(17-25-23)28-15-13-27(14-16-28)18-20-8-3-2-4-9-20/h2-12,17H,13-16,18H2,1H3,(H,25,26,29). The summed E-state index contributed by atoms with van der Waals surface area (Å²) < 4.78 is 0. The van der Waals surface area contributed by atoms with Crippen molar-refractivity contribution < 1.29 is 4.79 Å². The maximum Gasteiger partial charge on any atom is 0.257 e. The van der Waals surface area contributed by atoms with Crippen LogP contribution in [0.1, 0.15) is 21.5 Å². The second kappa shape index (κ2) is 8.88. The van der Waals surface area contributed by atoms with Gasteiger partial charge in [0.2, 0.25) is 0 Å². The molecular weight excluding hydrogens is 360 g/mol. The van der Waals surface area contributed by atoms with Gasteiger partial charge in [0.05, 0.1) is 11.9 Å². The van der Waals surface area contributed by atoms with E-state index in [4.69, 9.17) is 0 Å². The van der Waals surface area contributed by atoms with Crippen LogP contribution in [0.5, 0.6) is 0 Å². The first-order valence-electron chi connectivity index (χ1n) is 10.0. The van der Waals surface area contributed by atoms with Gasteiger partial charge in [-0.15, -0.1) is 0 Å². The topological polar surface area (TPSA) is 48.5 Å². The highest BCUT2D eigenvalue weighted by Crippen LogP contribution is 2.19. The molecule has 1 amide bonds. The first-order chi connectivity index (χ1) is 14.2. The van der Waals surface area contributed by atoms with Gasteiger partial charge in [0.15, 0.2) is 0 Å². The highest BCUT2D eigenvalue weighted by molar-refractivity contribution is 6.04. The van der Waals surface area contributed by atoms with Crippen LogP contribution in [-0.2, 0) is 6.54 Å². The van der Waals surface area contributed by atoms with Crippen molar-refractivity contribution >= 4 is 17.4 Å². The number of hydrogen-bond acceptors (Lipinski definition) is 4. The third-order valence-electron chi connectivity index (χ3n) is 5.37. The average molecular weight is 386 g/mol. The fourth-order valence-corrected chi connectivity index (χ4v) is 3.66.